The van der Waals surface area contributed by atoms with E-state index in [1.54, 1.807) is 13.1 Å². The summed E-state index contributed by atoms with van der Waals surface area (Å²) in [5.74, 6) is 1.73. The molecule has 0 spiro atoms. The molecule has 1 saturated heterocycles. The van der Waals surface area contributed by atoms with E-state index in [0.29, 0.717) is 31.9 Å². The van der Waals surface area contributed by atoms with Gasteiger partial charge in [0.15, 0.2) is 11.6 Å². The van der Waals surface area contributed by atoms with Crippen molar-refractivity contribution in [1.29, 1.82) is 0 Å². The number of anilines is 1. The van der Waals surface area contributed by atoms with Gasteiger partial charge >= 0.3 is 6.18 Å². The van der Waals surface area contributed by atoms with Crippen LogP contribution in [0.25, 0.3) is 5.65 Å². The molecule has 0 unspecified atom stereocenters. The molecule has 178 valence electrons. The van der Waals surface area contributed by atoms with Crippen molar-refractivity contribution in [3.63, 3.8) is 0 Å². The van der Waals surface area contributed by atoms with Crippen molar-refractivity contribution in [3.05, 3.63) is 60.0 Å². The van der Waals surface area contributed by atoms with Crippen LogP contribution in [0.5, 0.6) is 0 Å². The number of halogens is 4. The summed E-state index contributed by atoms with van der Waals surface area (Å²) in [4.78, 5) is 8.49. The molecule has 2 aromatic heterocycles. The minimum Gasteiger partial charge on any atom is -0.368 e. The Morgan fingerprint density at radius 1 is 1.06 bits per heavy atom. The molecule has 7 nitrogen and oxygen atoms in total. The molecule has 3 aromatic rings. The fourth-order valence-corrected chi connectivity index (χ4v) is 3.90. The maximum absolute atomic E-state index is 13.0. The van der Waals surface area contributed by atoms with Gasteiger partial charge < -0.3 is 15.1 Å². The van der Waals surface area contributed by atoms with Crippen LogP contribution in [-0.4, -0.2) is 65.2 Å². The highest BCUT2D eigenvalue weighted by Gasteiger charge is 2.31. The Hall–Kier alpha value is -2.57. The number of aliphatic imine (C=N–C) groups is 1. The van der Waals surface area contributed by atoms with Crippen LogP contribution >= 0.6 is 24.0 Å². The Kier molecular flexibility index (Phi) is 8.38. The van der Waals surface area contributed by atoms with E-state index >= 15 is 0 Å². The first kappa shape index (κ1) is 25.1. The van der Waals surface area contributed by atoms with Gasteiger partial charge in [0, 0.05) is 58.1 Å². The molecule has 0 amide bonds. The van der Waals surface area contributed by atoms with E-state index in [1.807, 2.05) is 33.7 Å². The van der Waals surface area contributed by atoms with Crippen molar-refractivity contribution >= 4 is 41.3 Å². The van der Waals surface area contributed by atoms with E-state index in [2.05, 4.69) is 25.4 Å². The molecule has 1 fully saturated rings. The van der Waals surface area contributed by atoms with E-state index < -0.39 is 11.7 Å². The van der Waals surface area contributed by atoms with Gasteiger partial charge in [-0.3, -0.25) is 9.39 Å². The second-order valence-electron chi connectivity index (χ2n) is 7.64. The molecular weight excluding hydrogens is 546 g/mol. The van der Waals surface area contributed by atoms with E-state index in [0.717, 1.165) is 42.9 Å². The Labute approximate surface area is 207 Å². The van der Waals surface area contributed by atoms with Crippen LogP contribution in [-0.2, 0) is 12.6 Å². The first-order valence-corrected chi connectivity index (χ1v) is 10.6. The molecule has 0 atom stereocenters. The lowest BCUT2D eigenvalue weighted by Gasteiger charge is -2.37. The van der Waals surface area contributed by atoms with Gasteiger partial charge in [-0.05, 0) is 36.8 Å². The van der Waals surface area contributed by atoms with Crippen molar-refractivity contribution in [2.24, 2.45) is 4.99 Å². The molecule has 1 aromatic carbocycles. The van der Waals surface area contributed by atoms with Gasteiger partial charge in [0.05, 0.1) is 5.56 Å². The molecule has 33 heavy (non-hydrogen) atoms. The summed E-state index contributed by atoms with van der Waals surface area (Å²) >= 11 is 0. The molecule has 1 aliphatic heterocycles. The molecule has 0 aliphatic carbocycles. The van der Waals surface area contributed by atoms with Crippen LogP contribution in [0.1, 0.15) is 17.8 Å². The number of guanidine groups is 1. The number of nitrogens with one attached hydrogen (secondary N) is 1. The third kappa shape index (κ3) is 6.06. The number of pyridine rings is 1. The number of piperazine rings is 1. The molecule has 1 aliphatic rings. The Bertz CT molecular complexity index is 1080. The summed E-state index contributed by atoms with van der Waals surface area (Å²) in [5, 5.41) is 11.8. The standard InChI is InChI=1S/C22H26F3N7.HI/c1-26-21(27-10-5-9-20-29-28-19-8-2-3-11-32(19)20)31-14-12-30(13-15-31)18-7-4-6-17(16-18)22(23,24)25;/h2-4,6-8,11,16H,5,9-10,12-15H2,1H3,(H,26,27);1H. The minimum absolute atomic E-state index is 0. The Morgan fingerprint density at radius 3 is 2.58 bits per heavy atom. The zero-order valence-electron chi connectivity index (χ0n) is 18.3. The number of nitrogens with zero attached hydrogens (tertiary/aromatic N) is 6. The fourth-order valence-electron chi connectivity index (χ4n) is 3.90. The molecule has 11 heteroatoms. The van der Waals surface area contributed by atoms with Gasteiger partial charge in [0.2, 0.25) is 0 Å². The van der Waals surface area contributed by atoms with Gasteiger partial charge in [0.25, 0.3) is 0 Å². The number of rotatable bonds is 5. The van der Waals surface area contributed by atoms with Gasteiger partial charge in [-0.15, -0.1) is 34.2 Å². The van der Waals surface area contributed by atoms with E-state index in [9.17, 15) is 13.2 Å². The second-order valence-corrected chi connectivity index (χ2v) is 7.64. The van der Waals surface area contributed by atoms with E-state index in [4.69, 9.17) is 0 Å². The quantitative estimate of drug-likeness (QED) is 0.219. The SMILES string of the molecule is CN=C(NCCCc1nnc2ccccn12)N1CCN(c2cccc(C(F)(F)F)c2)CC1.I. The van der Waals surface area contributed by atoms with Crippen LogP contribution in [0.2, 0.25) is 0 Å². The number of benzene rings is 1. The third-order valence-corrected chi connectivity index (χ3v) is 5.57. The number of alkyl halides is 3. The van der Waals surface area contributed by atoms with Crippen molar-refractivity contribution in [3.8, 4) is 0 Å². The summed E-state index contributed by atoms with van der Waals surface area (Å²) in [7, 11) is 1.74. The molecule has 0 saturated carbocycles. The molecular formula is C22H27F3IN7. The minimum atomic E-state index is -4.33. The predicted molar refractivity (Wildman–Crippen MR) is 133 cm³/mol. The maximum atomic E-state index is 13.0. The van der Waals surface area contributed by atoms with Crippen LogP contribution in [0, 0.1) is 0 Å². The average molecular weight is 573 g/mol. The maximum Gasteiger partial charge on any atom is 0.416 e. The fraction of sp³-hybridized carbons (Fsp3) is 0.409. The van der Waals surface area contributed by atoms with Crippen LogP contribution in [0.4, 0.5) is 18.9 Å². The first-order chi connectivity index (χ1) is 15.5. The van der Waals surface area contributed by atoms with Crippen LogP contribution in [0.15, 0.2) is 53.7 Å². The molecule has 1 N–H and O–H groups in total. The monoisotopic (exact) mass is 573 g/mol. The van der Waals surface area contributed by atoms with Gasteiger partial charge in [-0.2, -0.15) is 13.2 Å². The highest BCUT2D eigenvalue weighted by Crippen LogP contribution is 2.31. The van der Waals surface area contributed by atoms with Crippen molar-refractivity contribution in [1.82, 2.24) is 24.8 Å². The lowest BCUT2D eigenvalue weighted by atomic mass is 10.1. The summed E-state index contributed by atoms with van der Waals surface area (Å²) in [6.45, 7) is 3.37. The zero-order chi connectivity index (χ0) is 22.6. The molecule has 4 rings (SSSR count). The summed E-state index contributed by atoms with van der Waals surface area (Å²) in [6.07, 6.45) is -0.707. The third-order valence-electron chi connectivity index (χ3n) is 5.57. The van der Waals surface area contributed by atoms with Gasteiger partial charge in [-0.25, -0.2) is 0 Å². The first-order valence-electron chi connectivity index (χ1n) is 10.6. The molecule has 0 radical (unpaired) electrons. The number of hydrogen-bond acceptors (Lipinski definition) is 4. The van der Waals surface area contributed by atoms with Crippen molar-refractivity contribution < 1.29 is 13.2 Å². The molecule has 0 bridgehead atoms. The average Bonchev–Trinajstić information content (AvgIpc) is 3.22. The number of hydrogen-bond donors (Lipinski definition) is 1. The number of fused-ring (bicyclic) bond motifs is 1. The molecule has 3 heterocycles. The van der Waals surface area contributed by atoms with Gasteiger partial charge in [-0.1, -0.05) is 12.1 Å². The van der Waals surface area contributed by atoms with E-state index in [-0.39, 0.29) is 24.0 Å². The lowest BCUT2D eigenvalue weighted by molar-refractivity contribution is -0.137. The van der Waals surface area contributed by atoms with Crippen LogP contribution < -0.4 is 10.2 Å². The highest BCUT2D eigenvalue weighted by molar-refractivity contribution is 14.0. The smallest absolute Gasteiger partial charge is 0.368 e. The largest absolute Gasteiger partial charge is 0.416 e. The van der Waals surface area contributed by atoms with E-state index in [1.165, 1.54) is 12.1 Å². The Balaban J connectivity index is 0.00000306. The lowest BCUT2D eigenvalue weighted by Crippen LogP contribution is -2.52. The zero-order valence-corrected chi connectivity index (χ0v) is 20.6. The summed E-state index contributed by atoms with van der Waals surface area (Å²) in [5.41, 5.74) is 0.822. The number of aromatic nitrogens is 3. The highest BCUT2D eigenvalue weighted by atomic mass is 127. The summed E-state index contributed by atoms with van der Waals surface area (Å²) < 4.78 is 41.0. The predicted octanol–water partition coefficient (Wildman–Crippen LogP) is 3.70. The van der Waals surface area contributed by atoms with Crippen LogP contribution in [0.3, 0.4) is 0 Å². The second kappa shape index (κ2) is 11.0. The van der Waals surface area contributed by atoms with Crippen molar-refractivity contribution in [2.45, 2.75) is 19.0 Å². The van der Waals surface area contributed by atoms with Crippen molar-refractivity contribution in [2.75, 3.05) is 44.7 Å². The summed E-state index contributed by atoms with van der Waals surface area (Å²) in [6, 6.07) is 11.3. The Morgan fingerprint density at radius 2 is 1.85 bits per heavy atom. The normalized spacial score (nSPS) is 15.0. The topological polar surface area (TPSA) is 61.1 Å². The van der Waals surface area contributed by atoms with Gasteiger partial charge in [0.1, 0.15) is 5.82 Å². The number of aryl methyl sites for hydroxylation is 1.